The lowest BCUT2D eigenvalue weighted by Crippen LogP contribution is -2.27. The van der Waals surface area contributed by atoms with Gasteiger partial charge in [0.1, 0.15) is 29.8 Å². The van der Waals surface area contributed by atoms with Gasteiger partial charge in [0.2, 0.25) is 5.88 Å². The van der Waals surface area contributed by atoms with Crippen LogP contribution in [0.15, 0.2) is 76.5 Å². The summed E-state index contributed by atoms with van der Waals surface area (Å²) in [6.07, 6.45) is -0.334. The van der Waals surface area contributed by atoms with E-state index in [9.17, 15) is 8.78 Å². The molecule has 0 bridgehead atoms. The van der Waals surface area contributed by atoms with Crippen molar-refractivity contribution in [3.63, 3.8) is 0 Å². The second-order valence-electron chi connectivity index (χ2n) is 8.08. The molecule has 0 aromatic heterocycles. The van der Waals surface area contributed by atoms with Gasteiger partial charge < -0.3 is 24.7 Å². The molecule has 3 N–H and O–H groups in total. The molecule has 1 saturated heterocycles. The number of hydrazone groups is 1. The van der Waals surface area contributed by atoms with E-state index in [4.69, 9.17) is 36.3 Å². The van der Waals surface area contributed by atoms with Crippen LogP contribution in [-0.2, 0) is 14.2 Å². The Hall–Kier alpha value is -3.47. The number of nitrogens with zero attached hydrogens (tertiary/aromatic N) is 2. The Morgan fingerprint density at radius 3 is 2.77 bits per heavy atom. The molecule has 0 amide bonds. The molecule has 1 atom stereocenters. The zero-order valence-electron chi connectivity index (χ0n) is 19.0. The summed E-state index contributed by atoms with van der Waals surface area (Å²) < 4.78 is 49.6. The van der Waals surface area contributed by atoms with Gasteiger partial charge in [-0.25, -0.2) is 8.78 Å². The van der Waals surface area contributed by atoms with E-state index in [2.05, 4.69) is 22.1 Å². The Balaban J connectivity index is 1.61. The molecule has 0 aliphatic carbocycles. The number of benzene rings is 2. The fourth-order valence-electron chi connectivity index (χ4n) is 3.43. The maximum atomic E-state index is 14.0. The highest BCUT2D eigenvalue weighted by Crippen LogP contribution is 2.27. The minimum Gasteiger partial charge on any atom is -0.476 e. The molecule has 2 aromatic carbocycles. The fourth-order valence-corrected chi connectivity index (χ4v) is 3.65. The topological polar surface area (TPSA) is 99.7 Å². The second-order valence-corrected chi connectivity index (χ2v) is 8.49. The third kappa shape index (κ3) is 5.79. The first kappa shape index (κ1) is 24.6. The zero-order valence-corrected chi connectivity index (χ0v) is 19.7. The lowest BCUT2D eigenvalue weighted by atomic mass is 10.0. The Labute approximate surface area is 205 Å². The van der Waals surface area contributed by atoms with E-state index in [-0.39, 0.29) is 36.1 Å². The summed E-state index contributed by atoms with van der Waals surface area (Å²) in [6, 6.07) is 9.90. The average molecular weight is 505 g/mol. The normalized spacial score (nSPS) is 21.5. The Kier molecular flexibility index (Phi) is 7.06. The zero-order chi connectivity index (χ0) is 25.2. The number of ether oxygens (including phenoxy) is 4. The van der Waals surface area contributed by atoms with Crippen LogP contribution in [0.25, 0.3) is 0 Å². The van der Waals surface area contributed by atoms with Crippen LogP contribution in [0.3, 0.4) is 0 Å². The van der Waals surface area contributed by atoms with E-state index in [1.54, 1.807) is 38.1 Å². The summed E-state index contributed by atoms with van der Waals surface area (Å²) in [5.41, 5.74) is 10.3. The number of halogens is 3. The van der Waals surface area contributed by atoms with Gasteiger partial charge in [0.05, 0.1) is 11.6 Å². The van der Waals surface area contributed by atoms with Gasteiger partial charge in [-0.05, 0) is 38.6 Å². The Morgan fingerprint density at radius 2 is 2.09 bits per heavy atom. The number of hydrogen-bond donors (Lipinski definition) is 2. The largest absolute Gasteiger partial charge is 0.476 e. The van der Waals surface area contributed by atoms with Crippen LogP contribution in [0.5, 0.6) is 5.75 Å². The van der Waals surface area contributed by atoms with Gasteiger partial charge in [-0.15, -0.1) is 0 Å². The molecule has 8 nitrogen and oxygen atoms in total. The van der Waals surface area contributed by atoms with Crippen LogP contribution in [0.2, 0.25) is 5.02 Å². The molecule has 0 spiro atoms. The summed E-state index contributed by atoms with van der Waals surface area (Å²) in [6.45, 7) is 7.74. The van der Waals surface area contributed by atoms with Crippen molar-refractivity contribution in [1.29, 1.82) is 0 Å². The third-order valence-corrected chi connectivity index (χ3v) is 5.30. The van der Waals surface area contributed by atoms with Gasteiger partial charge in [-0.2, -0.15) is 10.1 Å². The molecule has 2 aliphatic heterocycles. The van der Waals surface area contributed by atoms with E-state index in [1.807, 2.05) is 0 Å². The van der Waals surface area contributed by atoms with Gasteiger partial charge in [-0.1, -0.05) is 29.8 Å². The number of aliphatic imine (C=N–C) groups is 1. The highest BCUT2D eigenvalue weighted by Gasteiger charge is 2.34. The number of nitrogens with one attached hydrogen (secondary N) is 1. The summed E-state index contributed by atoms with van der Waals surface area (Å²) in [7, 11) is 0. The molecule has 2 aromatic rings. The third-order valence-electron chi connectivity index (χ3n) is 4.97. The molecular formula is C24H23ClF2N4O4. The smallest absolute Gasteiger partial charge is 0.214 e. The van der Waals surface area contributed by atoms with Crippen LogP contribution >= 0.6 is 11.6 Å². The van der Waals surface area contributed by atoms with E-state index in [0.29, 0.717) is 34.5 Å². The molecule has 184 valence electrons. The van der Waals surface area contributed by atoms with E-state index >= 15 is 0 Å². The number of rotatable bonds is 7. The van der Waals surface area contributed by atoms with Crippen molar-refractivity contribution >= 4 is 23.1 Å². The molecule has 35 heavy (non-hydrogen) atoms. The Bertz CT molecular complexity index is 1250. The monoisotopic (exact) mass is 504 g/mol. The summed E-state index contributed by atoms with van der Waals surface area (Å²) in [4.78, 5) is 4.24. The van der Waals surface area contributed by atoms with Crippen molar-refractivity contribution < 1.29 is 27.7 Å². The first-order valence-electron chi connectivity index (χ1n) is 10.6. The van der Waals surface area contributed by atoms with Crippen molar-refractivity contribution in [3.8, 4) is 5.75 Å². The number of amidine groups is 1. The SMILES string of the molecule is C=C(/N=C1/NN=C(c2ccccc2Cl)/C1=C(/N)OC[C@@H]1COC(C)(C)O1)Oc1ccc(F)cc1F. The standard InChI is InChI=1S/C24H23ClF2N4O4/c1-13(34-19-9-8-14(26)10-18(19)27)29-23-20(21(30-31-23)16-6-4-5-7-17(16)25)22(28)32-11-15-12-33-24(2,3)35-15/h4-10,15H,1,11-12,28H2,2-3H3,(H,29,31)/b22-20+/t15-/m1/s1. The quantitative estimate of drug-likeness (QED) is 0.548. The first-order valence-corrected chi connectivity index (χ1v) is 10.9. The van der Waals surface area contributed by atoms with E-state index in [1.165, 1.54) is 0 Å². The molecule has 2 heterocycles. The van der Waals surface area contributed by atoms with Crippen molar-refractivity contribution in [2.45, 2.75) is 25.7 Å². The minimum absolute atomic E-state index is 0.0125. The van der Waals surface area contributed by atoms with Crippen molar-refractivity contribution in [1.82, 2.24) is 5.43 Å². The molecule has 11 heteroatoms. The summed E-state index contributed by atoms with van der Waals surface area (Å²) >= 11 is 6.37. The molecule has 0 saturated carbocycles. The molecule has 2 aliphatic rings. The predicted molar refractivity (Wildman–Crippen MR) is 127 cm³/mol. The first-order chi connectivity index (χ1) is 16.6. The fraction of sp³-hybridized carbons (Fsp3) is 0.250. The summed E-state index contributed by atoms with van der Waals surface area (Å²) in [5.74, 6) is -2.69. The predicted octanol–water partition coefficient (Wildman–Crippen LogP) is 4.21. The maximum absolute atomic E-state index is 14.0. The van der Waals surface area contributed by atoms with Gasteiger partial charge in [0.25, 0.3) is 0 Å². The van der Waals surface area contributed by atoms with Crippen molar-refractivity contribution in [2.75, 3.05) is 13.2 Å². The highest BCUT2D eigenvalue weighted by atomic mass is 35.5. The van der Waals surface area contributed by atoms with Crippen LogP contribution in [0.1, 0.15) is 19.4 Å². The van der Waals surface area contributed by atoms with Crippen molar-refractivity contribution in [2.24, 2.45) is 15.8 Å². The van der Waals surface area contributed by atoms with E-state index < -0.39 is 17.4 Å². The van der Waals surface area contributed by atoms with E-state index in [0.717, 1.165) is 12.1 Å². The molecule has 0 unspecified atom stereocenters. The Morgan fingerprint density at radius 1 is 1.31 bits per heavy atom. The maximum Gasteiger partial charge on any atom is 0.214 e. The average Bonchev–Trinajstić information content (AvgIpc) is 3.37. The molecule has 0 radical (unpaired) electrons. The lowest BCUT2D eigenvalue weighted by molar-refractivity contribution is -0.143. The van der Waals surface area contributed by atoms with Crippen LogP contribution < -0.4 is 15.9 Å². The van der Waals surface area contributed by atoms with Crippen LogP contribution in [0.4, 0.5) is 8.78 Å². The van der Waals surface area contributed by atoms with Gasteiger partial charge in [0, 0.05) is 11.6 Å². The van der Waals surface area contributed by atoms with Gasteiger partial charge in [-0.3, -0.25) is 5.43 Å². The summed E-state index contributed by atoms with van der Waals surface area (Å²) in [5, 5.41) is 4.73. The van der Waals surface area contributed by atoms with Gasteiger partial charge in [0.15, 0.2) is 29.1 Å². The number of nitrogens with two attached hydrogens (primary N) is 1. The van der Waals surface area contributed by atoms with Crippen molar-refractivity contribution in [3.05, 3.63) is 88.6 Å². The van der Waals surface area contributed by atoms with Gasteiger partial charge >= 0.3 is 0 Å². The lowest BCUT2D eigenvalue weighted by Gasteiger charge is -2.18. The second kappa shape index (κ2) is 10.0. The molecular weight excluding hydrogens is 482 g/mol. The number of hydrogen-bond acceptors (Lipinski definition) is 7. The minimum atomic E-state index is -0.904. The highest BCUT2D eigenvalue weighted by molar-refractivity contribution is 6.40. The van der Waals surface area contributed by atoms with Crippen LogP contribution in [0, 0.1) is 11.6 Å². The van der Waals surface area contributed by atoms with Crippen LogP contribution in [-0.4, -0.2) is 36.7 Å². The molecule has 1 fully saturated rings. The molecule has 4 rings (SSSR count).